The van der Waals surface area contributed by atoms with Crippen molar-refractivity contribution in [2.45, 2.75) is 159 Å². The van der Waals surface area contributed by atoms with E-state index in [1.807, 2.05) is 184 Å². The van der Waals surface area contributed by atoms with Gasteiger partial charge in [-0.05, 0) is 183 Å². The van der Waals surface area contributed by atoms with Crippen LogP contribution in [-0.4, -0.2) is 156 Å². The molecule has 0 spiro atoms. The van der Waals surface area contributed by atoms with Gasteiger partial charge in [0.25, 0.3) is 0 Å². The second-order valence-electron chi connectivity index (χ2n) is 19.6. The van der Waals surface area contributed by atoms with Gasteiger partial charge >= 0.3 is 65.0 Å². The van der Waals surface area contributed by atoms with E-state index in [1.165, 1.54) is 40.1 Å². The maximum absolute atomic E-state index is 12.2. The first-order valence-electron chi connectivity index (χ1n) is 25.4. The maximum atomic E-state index is 12.2. The number of rotatable bonds is 12. The molecule has 0 aliphatic carbocycles. The van der Waals surface area contributed by atoms with Gasteiger partial charge in [-0.25, -0.2) is 19.2 Å². The molecule has 24 nitrogen and oxygen atoms in total. The molecule has 4 aliphatic rings. The van der Waals surface area contributed by atoms with Gasteiger partial charge in [0.2, 0.25) is 0 Å². The molecule has 4 aromatic rings. The van der Waals surface area contributed by atoms with Crippen molar-refractivity contribution >= 4 is 47.5 Å². The molecule has 4 aromatic heterocycles. The Morgan fingerprint density at radius 1 is 0.295 bits per heavy atom. The monoisotopic (exact) mass is 1250 g/mol. The quantitative estimate of drug-likeness (QED) is 0.123. The van der Waals surface area contributed by atoms with Gasteiger partial charge in [0.1, 0.15) is 0 Å². The molecule has 0 unspecified atom stereocenters. The Balaban J connectivity index is 0.000000271. The second kappa shape index (κ2) is 30.1. The largest absolute Gasteiger partial charge is 2.00 e. The standard InChI is InChI=1S/4C13H18N5O.2Pd/c4*1-9(2)17-13(19)18(10(3)4)16-12(15-17)11-7-5-6-8-14-11;;/h4*5-10H,1-4H3;;/q4*-1;2*+2. The second-order valence-corrected chi connectivity index (χ2v) is 19.6. The molecule has 0 saturated heterocycles. The van der Waals surface area contributed by atoms with Gasteiger partial charge in [0, 0.05) is 73.1 Å². The summed E-state index contributed by atoms with van der Waals surface area (Å²) in [6.07, 6.45) is 6.74. The van der Waals surface area contributed by atoms with Crippen LogP contribution in [0.15, 0.2) is 118 Å². The van der Waals surface area contributed by atoms with Gasteiger partial charge in [0.05, 0.1) is 22.8 Å². The Bertz CT molecular complexity index is 2310. The molecular weight excluding hydrogens is 1180 g/mol. The predicted octanol–water partition coefficient (Wildman–Crippen LogP) is 10.3. The fourth-order valence-corrected chi connectivity index (χ4v) is 6.74. The van der Waals surface area contributed by atoms with Crippen LogP contribution in [0.5, 0.6) is 0 Å². The average molecular weight is 1250 g/mol. The third kappa shape index (κ3) is 16.9. The summed E-state index contributed by atoms with van der Waals surface area (Å²) in [4.78, 5) is 65.8. The number of amides is 8. The molecule has 0 atom stereocenters. The number of urea groups is 4. The van der Waals surface area contributed by atoms with Crippen LogP contribution in [0.25, 0.3) is 21.7 Å². The number of aromatic nitrogens is 4. The molecule has 0 radical (unpaired) electrons. The Labute approximate surface area is 486 Å². The smallest absolute Gasteiger partial charge is 0.367 e. The van der Waals surface area contributed by atoms with E-state index in [9.17, 15) is 19.2 Å². The summed E-state index contributed by atoms with van der Waals surface area (Å²) >= 11 is 0. The number of hydrazone groups is 4. The van der Waals surface area contributed by atoms with Crippen molar-refractivity contribution in [2.75, 3.05) is 0 Å². The first-order valence-corrected chi connectivity index (χ1v) is 25.4. The van der Waals surface area contributed by atoms with Crippen LogP contribution in [0.4, 0.5) is 19.2 Å². The van der Waals surface area contributed by atoms with E-state index in [4.69, 9.17) is 0 Å². The zero-order valence-electron chi connectivity index (χ0n) is 47.1. The molecule has 0 saturated carbocycles. The molecule has 0 N–H and O–H groups in total. The summed E-state index contributed by atoms with van der Waals surface area (Å²) in [5.74, 6) is 1.84. The number of pyridine rings is 4. The fraction of sp³-hybridized carbons (Fsp3) is 0.462. The van der Waals surface area contributed by atoms with Gasteiger partial charge in [-0.15, -0.1) is 0 Å². The number of nitrogens with zero attached hydrogens (tertiary/aromatic N) is 20. The fourth-order valence-electron chi connectivity index (χ4n) is 6.74. The molecular formula is C52H72N20O4Pd2. The van der Waals surface area contributed by atoms with Crippen LogP contribution in [0, 0.1) is 0 Å². The predicted molar refractivity (Wildman–Crippen MR) is 294 cm³/mol. The van der Waals surface area contributed by atoms with Crippen LogP contribution in [0.3, 0.4) is 0 Å². The third-order valence-corrected chi connectivity index (χ3v) is 10.7. The summed E-state index contributed by atoms with van der Waals surface area (Å²) in [7, 11) is 0. The molecule has 0 bridgehead atoms. The SMILES string of the molecule is CC(C)N1N=C(c2ccccn2)[N-]N(C(C)C)C1=O.CC(C)N1N=C(c2ccccn2)[N-]N(C(C)C)C1=O.CC(C)N1N=C(c2ccccn2)[N-]N(C(C)C)C1=O.CC(C)N1N=C(c2ccccn2)[N-]N(C(C)C)C1=O.[Pd+2].[Pd+2]. The first kappa shape index (κ1) is 65.2. The number of carbonyl (C=O) groups excluding carboxylic acids is 4. The van der Waals surface area contributed by atoms with Crippen molar-refractivity contribution in [1.82, 2.24) is 60.0 Å². The zero-order chi connectivity index (χ0) is 56.0. The Kier molecular flexibility index (Phi) is 25.2. The van der Waals surface area contributed by atoms with E-state index < -0.39 is 0 Å². The minimum Gasteiger partial charge on any atom is -0.367 e. The van der Waals surface area contributed by atoms with Crippen molar-refractivity contribution in [3.8, 4) is 0 Å². The molecule has 0 aromatic carbocycles. The minimum atomic E-state index is -0.204. The molecule has 8 heterocycles. The molecule has 26 heteroatoms. The van der Waals surface area contributed by atoms with Crippen LogP contribution in [0.1, 0.15) is 134 Å². The summed E-state index contributed by atoms with van der Waals surface area (Å²) < 4.78 is 0. The van der Waals surface area contributed by atoms with Crippen LogP contribution in [-0.2, 0) is 40.8 Å². The van der Waals surface area contributed by atoms with Gasteiger partial charge in [0.15, 0.2) is 0 Å². The number of carbonyl (C=O) groups is 4. The van der Waals surface area contributed by atoms with E-state index in [0.717, 1.165) is 0 Å². The number of amidine groups is 4. The molecule has 8 rings (SSSR count). The Morgan fingerprint density at radius 2 is 0.474 bits per heavy atom. The van der Waals surface area contributed by atoms with E-state index in [2.05, 4.69) is 62.0 Å². The normalized spacial score (nSPS) is 15.5. The Morgan fingerprint density at radius 3 is 0.603 bits per heavy atom. The first-order chi connectivity index (χ1) is 36.0. The average Bonchev–Trinajstić information content (AvgIpc) is 3.40. The minimum absolute atomic E-state index is 0. The molecule has 4 aliphatic heterocycles. The van der Waals surface area contributed by atoms with Crippen molar-refractivity contribution < 1.29 is 60.0 Å². The molecule has 424 valence electrons. The maximum Gasteiger partial charge on any atom is 2.00 e. The van der Waals surface area contributed by atoms with Crippen LogP contribution in [0.2, 0.25) is 0 Å². The molecule has 8 amide bonds. The topological polar surface area (TPSA) is 252 Å². The zero-order valence-corrected chi connectivity index (χ0v) is 50.2. The van der Waals surface area contributed by atoms with Gasteiger partial charge in [-0.1, -0.05) is 24.3 Å². The summed E-state index contributed by atoms with van der Waals surface area (Å²) in [5, 5.41) is 28.7. The van der Waals surface area contributed by atoms with E-state index in [1.54, 1.807) is 24.8 Å². The third-order valence-electron chi connectivity index (χ3n) is 10.7. The van der Waals surface area contributed by atoms with E-state index >= 15 is 0 Å². The van der Waals surface area contributed by atoms with Gasteiger partial charge in [-0.3, -0.25) is 19.9 Å². The van der Waals surface area contributed by atoms with Crippen molar-refractivity contribution in [1.29, 1.82) is 0 Å². The van der Waals surface area contributed by atoms with E-state index in [-0.39, 0.29) is 113 Å². The van der Waals surface area contributed by atoms with Gasteiger partial charge in [-0.2, -0.15) is 0 Å². The number of hydrogen-bond acceptors (Lipinski definition) is 12. The number of hydrogen-bond donors (Lipinski definition) is 0. The summed E-state index contributed by atoms with van der Waals surface area (Å²) in [6, 6.07) is 21.1. The Hall–Kier alpha value is -7.12. The van der Waals surface area contributed by atoms with E-state index in [0.29, 0.717) is 46.1 Å². The molecule has 78 heavy (non-hydrogen) atoms. The van der Waals surface area contributed by atoms with Crippen LogP contribution < -0.4 is 0 Å². The van der Waals surface area contributed by atoms with Crippen molar-refractivity contribution in [3.05, 3.63) is 142 Å². The molecule has 0 fully saturated rings. The van der Waals surface area contributed by atoms with Crippen molar-refractivity contribution in [3.63, 3.8) is 0 Å². The summed E-state index contributed by atoms with van der Waals surface area (Å²) in [6.45, 7) is 30.7. The van der Waals surface area contributed by atoms with Crippen LogP contribution >= 0.6 is 0 Å². The van der Waals surface area contributed by atoms with Crippen molar-refractivity contribution in [2.24, 2.45) is 20.4 Å². The van der Waals surface area contributed by atoms with Gasteiger partial charge < -0.3 is 82.2 Å². The summed E-state index contributed by atoms with van der Waals surface area (Å²) in [5.41, 5.74) is 19.8.